The van der Waals surface area contributed by atoms with E-state index in [1.165, 1.54) is 12.8 Å². The maximum Gasteiger partial charge on any atom is 0.0631 e. The van der Waals surface area contributed by atoms with Crippen molar-refractivity contribution in [2.24, 2.45) is 28.9 Å². The van der Waals surface area contributed by atoms with Gasteiger partial charge in [-0.25, -0.2) is 0 Å². The average Bonchev–Trinajstić information content (AvgIpc) is 2.27. The average molecular weight is 227 g/mol. The molecular formula is C14H29NO. The topological polar surface area (TPSA) is 46.2 Å². The van der Waals surface area contributed by atoms with Crippen molar-refractivity contribution >= 4 is 0 Å². The minimum atomic E-state index is -0.231. The monoisotopic (exact) mass is 227 g/mol. The third-order valence-corrected chi connectivity index (χ3v) is 4.63. The Morgan fingerprint density at radius 3 is 2.00 bits per heavy atom. The van der Waals surface area contributed by atoms with Crippen LogP contribution in [0, 0.1) is 23.2 Å². The third kappa shape index (κ3) is 2.78. The minimum absolute atomic E-state index is 0.000440. The van der Waals surface area contributed by atoms with Crippen molar-refractivity contribution in [3.8, 4) is 0 Å². The minimum Gasteiger partial charge on any atom is -0.392 e. The first-order valence-corrected chi connectivity index (χ1v) is 6.81. The van der Waals surface area contributed by atoms with Gasteiger partial charge in [0.15, 0.2) is 0 Å². The van der Waals surface area contributed by atoms with Gasteiger partial charge in [-0.1, -0.05) is 27.7 Å². The van der Waals surface area contributed by atoms with E-state index >= 15 is 0 Å². The van der Waals surface area contributed by atoms with Gasteiger partial charge in [0.05, 0.1) is 6.10 Å². The first-order valence-electron chi connectivity index (χ1n) is 6.81. The molecule has 0 aromatic rings. The summed E-state index contributed by atoms with van der Waals surface area (Å²) in [5.74, 6) is 1.92. The molecule has 0 aromatic carbocycles. The lowest BCUT2D eigenvalue weighted by atomic mass is 9.63. The van der Waals surface area contributed by atoms with Gasteiger partial charge in [-0.3, -0.25) is 0 Å². The fourth-order valence-corrected chi connectivity index (χ4v) is 3.21. The Morgan fingerprint density at radius 1 is 1.19 bits per heavy atom. The van der Waals surface area contributed by atoms with Crippen molar-refractivity contribution < 1.29 is 5.11 Å². The Hall–Kier alpha value is -0.0800. The molecule has 96 valence electrons. The Morgan fingerprint density at radius 2 is 1.69 bits per heavy atom. The third-order valence-electron chi connectivity index (χ3n) is 4.63. The molecule has 1 aliphatic rings. The predicted octanol–water partition coefficient (Wildman–Crippen LogP) is 2.79. The van der Waals surface area contributed by atoms with E-state index in [-0.39, 0.29) is 11.5 Å². The molecule has 0 saturated heterocycles. The maximum atomic E-state index is 10.3. The van der Waals surface area contributed by atoms with Crippen LogP contribution in [-0.4, -0.2) is 17.8 Å². The highest BCUT2D eigenvalue weighted by atomic mass is 16.3. The van der Waals surface area contributed by atoms with Crippen molar-refractivity contribution in [1.82, 2.24) is 0 Å². The van der Waals surface area contributed by atoms with Crippen molar-refractivity contribution in [3.05, 3.63) is 0 Å². The summed E-state index contributed by atoms with van der Waals surface area (Å²) in [6, 6.07) is 0. The summed E-state index contributed by atoms with van der Waals surface area (Å²) in [4.78, 5) is 0. The van der Waals surface area contributed by atoms with Gasteiger partial charge in [-0.05, 0) is 43.4 Å². The van der Waals surface area contributed by atoms with Gasteiger partial charge in [0.25, 0.3) is 0 Å². The van der Waals surface area contributed by atoms with E-state index in [2.05, 4.69) is 27.7 Å². The van der Waals surface area contributed by atoms with Gasteiger partial charge in [0.1, 0.15) is 0 Å². The lowest BCUT2D eigenvalue weighted by Gasteiger charge is -2.45. The van der Waals surface area contributed by atoms with Gasteiger partial charge in [-0.15, -0.1) is 0 Å². The van der Waals surface area contributed by atoms with Crippen molar-refractivity contribution in [1.29, 1.82) is 0 Å². The summed E-state index contributed by atoms with van der Waals surface area (Å²) in [6.07, 6.45) is 4.44. The molecule has 0 amide bonds. The van der Waals surface area contributed by atoms with Gasteiger partial charge in [-0.2, -0.15) is 0 Å². The van der Waals surface area contributed by atoms with E-state index < -0.39 is 0 Å². The first-order chi connectivity index (χ1) is 7.43. The second-order valence-electron chi connectivity index (χ2n) is 6.34. The molecule has 1 saturated carbocycles. The van der Waals surface area contributed by atoms with Gasteiger partial charge >= 0.3 is 0 Å². The fourth-order valence-electron chi connectivity index (χ4n) is 3.21. The SMILES string of the molecule is CC(C)C1CCC(CN)(C(O)C(C)C)CC1. The molecule has 2 heteroatoms. The number of aliphatic hydroxyl groups excluding tert-OH is 1. The number of rotatable bonds is 4. The van der Waals surface area contributed by atoms with Crippen LogP contribution in [0.3, 0.4) is 0 Å². The predicted molar refractivity (Wildman–Crippen MR) is 69.1 cm³/mol. The van der Waals surface area contributed by atoms with E-state index in [9.17, 15) is 5.11 Å². The Kier molecular flexibility index (Phi) is 4.81. The summed E-state index contributed by atoms with van der Waals surface area (Å²) >= 11 is 0. The highest BCUT2D eigenvalue weighted by molar-refractivity contribution is 4.93. The van der Waals surface area contributed by atoms with Crippen LogP contribution in [0.1, 0.15) is 53.4 Å². The molecule has 0 aliphatic heterocycles. The van der Waals surface area contributed by atoms with Crippen LogP contribution in [0.4, 0.5) is 0 Å². The fraction of sp³-hybridized carbons (Fsp3) is 1.00. The Balaban J connectivity index is 2.65. The van der Waals surface area contributed by atoms with Crippen LogP contribution < -0.4 is 5.73 Å². The van der Waals surface area contributed by atoms with Gasteiger partial charge < -0.3 is 10.8 Å². The van der Waals surface area contributed by atoms with Crippen LogP contribution in [-0.2, 0) is 0 Å². The molecule has 0 aromatic heterocycles. The second kappa shape index (κ2) is 5.50. The molecule has 0 bridgehead atoms. The lowest BCUT2D eigenvalue weighted by molar-refractivity contribution is -0.0393. The van der Waals surface area contributed by atoms with E-state index in [4.69, 9.17) is 5.73 Å². The Bertz CT molecular complexity index is 205. The number of nitrogens with two attached hydrogens (primary N) is 1. The van der Waals surface area contributed by atoms with E-state index in [1.807, 2.05) is 0 Å². The summed E-state index contributed by atoms with van der Waals surface area (Å²) in [6.45, 7) is 9.43. The number of hydrogen-bond acceptors (Lipinski definition) is 2. The highest BCUT2D eigenvalue weighted by Crippen LogP contribution is 2.44. The molecular weight excluding hydrogens is 198 g/mol. The molecule has 2 nitrogen and oxygen atoms in total. The molecule has 1 atom stereocenters. The second-order valence-corrected chi connectivity index (χ2v) is 6.34. The van der Waals surface area contributed by atoms with Crippen LogP contribution in [0.5, 0.6) is 0 Å². The zero-order valence-electron chi connectivity index (χ0n) is 11.4. The molecule has 1 fully saturated rings. The molecule has 0 heterocycles. The normalized spacial score (nSPS) is 33.4. The number of hydrogen-bond donors (Lipinski definition) is 2. The molecule has 3 N–H and O–H groups in total. The molecule has 0 spiro atoms. The highest BCUT2D eigenvalue weighted by Gasteiger charge is 2.41. The van der Waals surface area contributed by atoms with Crippen LogP contribution in [0.15, 0.2) is 0 Å². The summed E-state index contributed by atoms with van der Waals surface area (Å²) in [5.41, 5.74) is 5.94. The molecule has 1 rings (SSSR count). The van der Waals surface area contributed by atoms with E-state index in [0.717, 1.165) is 24.7 Å². The molecule has 1 aliphatic carbocycles. The quantitative estimate of drug-likeness (QED) is 0.776. The largest absolute Gasteiger partial charge is 0.392 e. The zero-order valence-corrected chi connectivity index (χ0v) is 11.4. The summed E-state index contributed by atoms with van der Waals surface area (Å²) in [7, 11) is 0. The van der Waals surface area contributed by atoms with Crippen molar-refractivity contribution in [2.75, 3.05) is 6.54 Å². The van der Waals surface area contributed by atoms with Crippen LogP contribution in [0.2, 0.25) is 0 Å². The lowest BCUT2D eigenvalue weighted by Crippen LogP contribution is -2.47. The van der Waals surface area contributed by atoms with E-state index in [0.29, 0.717) is 12.5 Å². The first kappa shape index (κ1) is 14.0. The zero-order chi connectivity index (χ0) is 12.3. The number of aliphatic hydroxyl groups is 1. The van der Waals surface area contributed by atoms with Crippen LogP contribution in [0.25, 0.3) is 0 Å². The smallest absolute Gasteiger partial charge is 0.0631 e. The Labute approximate surface area is 101 Å². The standard InChI is InChI=1S/C14H29NO/c1-10(2)12-5-7-14(9-15,8-6-12)13(16)11(3)4/h10-13,16H,5-9,15H2,1-4H3. The van der Waals surface area contributed by atoms with Crippen molar-refractivity contribution in [3.63, 3.8) is 0 Å². The maximum absolute atomic E-state index is 10.3. The summed E-state index contributed by atoms with van der Waals surface area (Å²) in [5, 5.41) is 10.3. The molecule has 1 unspecified atom stereocenters. The van der Waals surface area contributed by atoms with E-state index in [1.54, 1.807) is 0 Å². The summed E-state index contributed by atoms with van der Waals surface area (Å²) < 4.78 is 0. The molecule has 16 heavy (non-hydrogen) atoms. The van der Waals surface area contributed by atoms with Gasteiger partial charge in [0, 0.05) is 12.0 Å². The van der Waals surface area contributed by atoms with Crippen LogP contribution >= 0.6 is 0 Å². The van der Waals surface area contributed by atoms with Crippen molar-refractivity contribution in [2.45, 2.75) is 59.5 Å². The van der Waals surface area contributed by atoms with Gasteiger partial charge in [0.2, 0.25) is 0 Å². The molecule has 0 radical (unpaired) electrons.